The van der Waals surface area contributed by atoms with Gasteiger partial charge >= 0.3 is 5.97 Å². The van der Waals surface area contributed by atoms with Crippen LogP contribution in [0.1, 0.15) is 66.2 Å². The van der Waals surface area contributed by atoms with Crippen LogP contribution in [0.4, 0.5) is 0 Å². The first-order valence-electron chi connectivity index (χ1n) is 8.26. The molecule has 2 rings (SSSR count). The van der Waals surface area contributed by atoms with Gasteiger partial charge in [-0.2, -0.15) is 0 Å². The maximum absolute atomic E-state index is 12.0. The fraction of sp³-hybridized carbons (Fsp3) is 0.882. The Bertz CT molecular complexity index is 399. The van der Waals surface area contributed by atoms with E-state index in [-0.39, 0.29) is 30.8 Å². The Morgan fingerprint density at radius 1 is 1.19 bits per heavy atom. The second-order valence-electron chi connectivity index (χ2n) is 7.78. The van der Waals surface area contributed by atoms with Crippen LogP contribution in [-0.2, 0) is 14.3 Å². The van der Waals surface area contributed by atoms with Crippen LogP contribution in [0.5, 0.6) is 0 Å². The van der Waals surface area contributed by atoms with Crippen molar-refractivity contribution in [2.45, 2.75) is 77.9 Å². The van der Waals surface area contributed by atoms with E-state index in [9.17, 15) is 9.59 Å². The molecule has 4 atom stereocenters. The molecule has 0 heterocycles. The van der Waals surface area contributed by atoms with E-state index < -0.39 is 5.60 Å². The van der Waals surface area contributed by atoms with Gasteiger partial charge in [0.15, 0.2) is 0 Å². The zero-order valence-corrected chi connectivity index (χ0v) is 13.8. The second kappa shape index (κ2) is 6.37. The molecular formula is C17H29NO3. The molecule has 2 saturated carbocycles. The number of nitrogens with one attached hydrogen (secondary N) is 1. The molecule has 0 aliphatic heterocycles. The number of hydrogen-bond acceptors (Lipinski definition) is 3. The van der Waals surface area contributed by atoms with Crippen LogP contribution in [0.15, 0.2) is 0 Å². The highest BCUT2D eigenvalue weighted by molar-refractivity contribution is 5.81. The largest absolute Gasteiger partial charge is 0.460 e. The zero-order chi connectivity index (χ0) is 15.6. The van der Waals surface area contributed by atoms with E-state index in [1.165, 1.54) is 25.7 Å². The molecule has 2 fully saturated rings. The third-order valence-electron chi connectivity index (χ3n) is 4.80. The lowest BCUT2D eigenvalue weighted by Crippen LogP contribution is -2.40. The van der Waals surface area contributed by atoms with E-state index in [0.717, 1.165) is 11.8 Å². The van der Waals surface area contributed by atoms with E-state index in [0.29, 0.717) is 5.92 Å². The van der Waals surface area contributed by atoms with Crippen LogP contribution < -0.4 is 5.32 Å². The Balaban J connectivity index is 1.68. The third-order valence-corrected chi connectivity index (χ3v) is 4.80. The molecule has 2 aliphatic carbocycles. The number of esters is 1. The SMILES string of the molecule is CC(NC(=O)CCC(=O)OC(C)(C)C)C1CC2CCC1C2. The fourth-order valence-electron chi connectivity index (χ4n) is 3.95. The molecule has 1 N–H and O–H groups in total. The van der Waals surface area contributed by atoms with Crippen molar-refractivity contribution in [2.24, 2.45) is 17.8 Å². The Hall–Kier alpha value is -1.06. The molecule has 1 amide bonds. The first-order chi connectivity index (χ1) is 9.74. The van der Waals surface area contributed by atoms with Crippen LogP contribution >= 0.6 is 0 Å². The second-order valence-corrected chi connectivity index (χ2v) is 7.78. The highest BCUT2D eigenvalue weighted by Crippen LogP contribution is 2.49. The molecule has 4 nitrogen and oxygen atoms in total. The summed E-state index contributed by atoms with van der Waals surface area (Å²) in [5.74, 6) is 1.99. The van der Waals surface area contributed by atoms with Crippen LogP contribution in [0.25, 0.3) is 0 Å². The average Bonchev–Trinajstić information content (AvgIpc) is 2.96. The van der Waals surface area contributed by atoms with Crippen molar-refractivity contribution < 1.29 is 14.3 Å². The molecule has 0 aromatic heterocycles. The standard InChI is InChI=1S/C17H29NO3/c1-11(14-10-12-5-6-13(14)9-12)18-15(19)7-8-16(20)21-17(2,3)4/h11-14H,5-10H2,1-4H3,(H,18,19). The molecule has 0 radical (unpaired) electrons. The normalized spacial score (nSPS) is 29.2. The number of fused-ring (bicyclic) bond motifs is 2. The van der Waals surface area contributed by atoms with E-state index in [2.05, 4.69) is 12.2 Å². The first-order valence-corrected chi connectivity index (χ1v) is 8.26. The van der Waals surface area contributed by atoms with E-state index >= 15 is 0 Å². The van der Waals surface area contributed by atoms with Crippen molar-refractivity contribution >= 4 is 11.9 Å². The van der Waals surface area contributed by atoms with Crippen LogP contribution in [0, 0.1) is 17.8 Å². The fourth-order valence-corrected chi connectivity index (χ4v) is 3.95. The summed E-state index contributed by atoms with van der Waals surface area (Å²) < 4.78 is 5.21. The minimum absolute atomic E-state index is 0.0314. The van der Waals surface area contributed by atoms with Crippen LogP contribution in [0.2, 0.25) is 0 Å². The first kappa shape index (κ1) is 16.3. The van der Waals surface area contributed by atoms with E-state index in [1.807, 2.05) is 20.8 Å². The maximum Gasteiger partial charge on any atom is 0.306 e. The highest BCUT2D eigenvalue weighted by atomic mass is 16.6. The predicted molar refractivity (Wildman–Crippen MR) is 81.6 cm³/mol. The number of amides is 1. The molecule has 2 bridgehead atoms. The average molecular weight is 295 g/mol. The molecule has 4 heteroatoms. The maximum atomic E-state index is 12.0. The van der Waals surface area contributed by atoms with Gasteiger partial charge in [-0.15, -0.1) is 0 Å². The van der Waals surface area contributed by atoms with Gasteiger partial charge in [-0.25, -0.2) is 0 Å². The number of rotatable bonds is 5. The molecule has 0 aromatic carbocycles. The lowest BCUT2D eigenvalue weighted by molar-refractivity contribution is -0.155. The Morgan fingerprint density at radius 2 is 1.90 bits per heavy atom. The van der Waals surface area contributed by atoms with Crippen molar-refractivity contribution in [2.75, 3.05) is 0 Å². The number of hydrogen-bond donors (Lipinski definition) is 1. The van der Waals surface area contributed by atoms with Crippen molar-refractivity contribution in [1.29, 1.82) is 0 Å². The molecule has 0 saturated heterocycles. The quantitative estimate of drug-likeness (QED) is 0.793. The minimum Gasteiger partial charge on any atom is -0.460 e. The molecular weight excluding hydrogens is 266 g/mol. The summed E-state index contributed by atoms with van der Waals surface area (Å²) in [6, 6.07) is 0.228. The highest BCUT2D eigenvalue weighted by Gasteiger charge is 2.42. The van der Waals surface area contributed by atoms with Crippen LogP contribution in [-0.4, -0.2) is 23.5 Å². The van der Waals surface area contributed by atoms with Gasteiger partial charge in [-0.1, -0.05) is 6.42 Å². The molecule has 4 unspecified atom stereocenters. The van der Waals surface area contributed by atoms with Crippen molar-refractivity contribution in [1.82, 2.24) is 5.32 Å². The molecule has 2 aliphatic rings. The van der Waals surface area contributed by atoms with Crippen molar-refractivity contribution in [3.05, 3.63) is 0 Å². The Morgan fingerprint density at radius 3 is 2.43 bits per heavy atom. The molecule has 0 aromatic rings. The summed E-state index contributed by atoms with van der Waals surface area (Å²) in [7, 11) is 0. The Kier molecular flexibility index (Phi) is 4.95. The number of carbonyl (C=O) groups excluding carboxylic acids is 2. The van der Waals surface area contributed by atoms with Gasteiger partial charge < -0.3 is 10.1 Å². The van der Waals surface area contributed by atoms with Gasteiger partial charge in [-0.3, -0.25) is 9.59 Å². The lowest BCUT2D eigenvalue weighted by atomic mass is 9.84. The monoisotopic (exact) mass is 295 g/mol. The molecule has 0 spiro atoms. The Labute approximate surface area is 128 Å². The van der Waals surface area contributed by atoms with Crippen molar-refractivity contribution in [3.8, 4) is 0 Å². The van der Waals surface area contributed by atoms with E-state index in [1.54, 1.807) is 0 Å². The van der Waals surface area contributed by atoms with E-state index in [4.69, 9.17) is 4.74 Å². The number of ether oxygens (including phenoxy) is 1. The van der Waals surface area contributed by atoms with Crippen molar-refractivity contribution in [3.63, 3.8) is 0 Å². The predicted octanol–water partition coefficient (Wildman–Crippen LogP) is 3.05. The molecule has 120 valence electrons. The summed E-state index contributed by atoms with van der Waals surface area (Å²) >= 11 is 0. The molecule has 21 heavy (non-hydrogen) atoms. The summed E-state index contributed by atoms with van der Waals surface area (Å²) in [5, 5.41) is 3.08. The van der Waals surface area contributed by atoms with Gasteiger partial charge in [0.1, 0.15) is 5.60 Å². The summed E-state index contributed by atoms with van der Waals surface area (Å²) in [6.45, 7) is 7.61. The summed E-state index contributed by atoms with van der Waals surface area (Å²) in [6.07, 6.45) is 5.70. The van der Waals surface area contributed by atoms with Gasteiger partial charge in [0, 0.05) is 12.5 Å². The summed E-state index contributed by atoms with van der Waals surface area (Å²) in [5.41, 5.74) is -0.482. The van der Waals surface area contributed by atoms with Gasteiger partial charge in [0.2, 0.25) is 5.91 Å². The number of carbonyl (C=O) groups is 2. The lowest BCUT2D eigenvalue weighted by Gasteiger charge is -2.28. The summed E-state index contributed by atoms with van der Waals surface area (Å²) in [4.78, 5) is 23.6. The van der Waals surface area contributed by atoms with Gasteiger partial charge in [0.25, 0.3) is 0 Å². The zero-order valence-electron chi connectivity index (χ0n) is 13.8. The smallest absolute Gasteiger partial charge is 0.306 e. The van der Waals surface area contributed by atoms with Crippen LogP contribution in [0.3, 0.4) is 0 Å². The van der Waals surface area contributed by atoms with Gasteiger partial charge in [-0.05, 0) is 64.7 Å². The van der Waals surface area contributed by atoms with Gasteiger partial charge in [0.05, 0.1) is 6.42 Å². The topological polar surface area (TPSA) is 55.4 Å². The third kappa shape index (κ3) is 4.72. The minimum atomic E-state index is -0.482.